The van der Waals surface area contributed by atoms with E-state index in [0.29, 0.717) is 25.8 Å². The largest absolute Gasteiger partial charge is 0.396 e. The summed E-state index contributed by atoms with van der Waals surface area (Å²) in [5.41, 5.74) is 5.23. The quantitative estimate of drug-likeness (QED) is 0.660. The summed E-state index contributed by atoms with van der Waals surface area (Å²) in [5.74, 6) is -0.425. The smallest absolute Gasteiger partial charge is 0.240 e. The number of nitrogens with two attached hydrogens (primary N) is 1. The number of rotatable bonds is 4. The zero-order valence-electron chi connectivity index (χ0n) is 8.98. The molecule has 1 saturated heterocycles. The van der Waals surface area contributed by atoms with E-state index in [4.69, 9.17) is 10.8 Å². The van der Waals surface area contributed by atoms with Crippen molar-refractivity contribution < 1.29 is 14.7 Å². The third-order valence-corrected chi connectivity index (χ3v) is 2.89. The fraction of sp³-hybridized carbons (Fsp3) is 0.800. The van der Waals surface area contributed by atoms with Crippen LogP contribution in [0.3, 0.4) is 0 Å². The average molecular weight is 214 g/mol. The molecule has 1 aliphatic rings. The van der Waals surface area contributed by atoms with Crippen LogP contribution in [0.15, 0.2) is 0 Å². The highest BCUT2D eigenvalue weighted by Gasteiger charge is 2.32. The Labute approximate surface area is 89.2 Å². The lowest BCUT2D eigenvalue weighted by Gasteiger charge is -2.35. The maximum Gasteiger partial charge on any atom is 0.240 e. The number of aliphatic hydroxyl groups is 1. The van der Waals surface area contributed by atoms with Crippen LogP contribution < -0.4 is 5.73 Å². The lowest BCUT2D eigenvalue weighted by molar-refractivity contribution is -0.143. The van der Waals surface area contributed by atoms with Crippen LogP contribution in [-0.4, -0.2) is 41.0 Å². The molecule has 0 saturated carbocycles. The van der Waals surface area contributed by atoms with Crippen molar-refractivity contribution in [3.8, 4) is 0 Å². The number of hydrogen-bond donors (Lipinski definition) is 2. The van der Waals surface area contributed by atoms with Crippen molar-refractivity contribution in [2.75, 3.05) is 13.2 Å². The predicted octanol–water partition coefficient (Wildman–Crippen LogP) is -0.519. The second kappa shape index (κ2) is 5.11. The van der Waals surface area contributed by atoms with Gasteiger partial charge in [-0.3, -0.25) is 9.59 Å². The number of primary amides is 1. The Balaban J connectivity index is 2.71. The molecule has 86 valence electrons. The van der Waals surface area contributed by atoms with Crippen molar-refractivity contribution in [2.24, 2.45) is 11.7 Å². The number of hydrogen-bond acceptors (Lipinski definition) is 3. The van der Waals surface area contributed by atoms with Gasteiger partial charge in [0.05, 0.1) is 0 Å². The SMILES string of the molecule is CCC(C(N)=O)N1CC(CO)CCC1=O. The molecular weight excluding hydrogens is 196 g/mol. The summed E-state index contributed by atoms with van der Waals surface area (Å²) in [6.07, 6.45) is 1.62. The summed E-state index contributed by atoms with van der Waals surface area (Å²) >= 11 is 0. The molecule has 15 heavy (non-hydrogen) atoms. The van der Waals surface area contributed by atoms with Gasteiger partial charge in [0.15, 0.2) is 0 Å². The van der Waals surface area contributed by atoms with E-state index in [-0.39, 0.29) is 18.4 Å². The first-order chi connectivity index (χ1) is 7.10. The van der Waals surface area contributed by atoms with Gasteiger partial charge in [-0.05, 0) is 12.8 Å². The van der Waals surface area contributed by atoms with Gasteiger partial charge in [-0.1, -0.05) is 6.92 Å². The van der Waals surface area contributed by atoms with Crippen LogP contribution in [-0.2, 0) is 9.59 Å². The number of carbonyl (C=O) groups is 2. The van der Waals surface area contributed by atoms with E-state index in [1.165, 1.54) is 4.90 Å². The van der Waals surface area contributed by atoms with Crippen molar-refractivity contribution in [1.29, 1.82) is 0 Å². The summed E-state index contributed by atoms with van der Waals surface area (Å²) in [4.78, 5) is 24.2. The van der Waals surface area contributed by atoms with E-state index < -0.39 is 11.9 Å². The van der Waals surface area contributed by atoms with Crippen molar-refractivity contribution in [2.45, 2.75) is 32.2 Å². The molecule has 5 heteroatoms. The van der Waals surface area contributed by atoms with E-state index in [1.54, 1.807) is 0 Å². The van der Waals surface area contributed by atoms with E-state index >= 15 is 0 Å². The van der Waals surface area contributed by atoms with Crippen LogP contribution in [0, 0.1) is 5.92 Å². The van der Waals surface area contributed by atoms with Crippen LogP contribution in [0.1, 0.15) is 26.2 Å². The first-order valence-electron chi connectivity index (χ1n) is 5.29. The van der Waals surface area contributed by atoms with Crippen LogP contribution in [0.5, 0.6) is 0 Å². The van der Waals surface area contributed by atoms with Gasteiger partial charge in [0.1, 0.15) is 6.04 Å². The summed E-state index contributed by atoms with van der Waals surface area (Å²) in [7, 11) is 0. The van der Waals surface area contributed by atoms with Crippen molar-refractivity contribution in [1.82, 2.24) is 4.90 Å². The average Bonchev–Trinajstić information content (AvgIpc) is 2.21. The van der Waals surface area contributed by atoms with Crippen molar-refractivity contribution in [3.05, 3.63) is 0 Å². The highest BCUT2D eigenvalue weighted by Crippen LogP contribution is 2.20. The maximum absolute atomic E-state index is 11.6. The maximum atomic E-state index is 11.6. The first kappa shape index (κ1) is 12.0. The molecule has 0 spiro atoms. The molecule has 0 bridgehead atoms. The molecule has 0 aromatic carbocycles. The second-order valence-corrected chi connectivity index (χ2v) is 3.96. The Morgan fingerprint density at radius 2 is 2.40 bits per heavy atom. The summed E-state index contributed by atoms with van der Waals surface area (Å²) in [6, 6.07) is -0.521. The summed E-state index contributed by atoms with van der Waals surface area (Å²) < 4.78 is 0. The molecule has 0 radical (unpaired) electrons. The second-order valence-electron chi connectivity index (χ2n) is 3.96. The minimum atomic E-state index is -0.521. The molecule has 1 heterocycles. The Kier molecular flexibility index (Phi) is 4.08. The Morgan fingerprint density at radius 1 is 1.73 bits per heavy atom. The lowest BCUT2D eigenvalue weighted by atomic mass is 9.96. The number of likely N-dealkylation sites (tertiary alicyclic amines) is 1. The molecule has 2 amide bonds. The summed E-state index contributed by atoms with van der Waals surface area (Å²) in [6.45, 7) is 2.32. The Morgan fingerprint density at radius 3 is 2.87 bits per heavy atom. The highest BCUT2D eigenvalue weighted by molar-refractivity contribution is 5.86. The molecule has 3 N–H and O–H groups in total. The number of amides is 2. The molecule has 0 aliphatic carbocycles. The fourth-order valence-corrected chi connectivity index (χ4v) is 1.97. The standard InChI is InChI=1S/C10H18N2O3/c1-2-8(10(11)15)12-5-7(6-13)3-4-9(12)14/h7-8,13H,2-6H2,1H3,(H2,11,15). The van der Waals surface area contributed by atoms with Gasteiger partial charge in [0.2, 0.25) is 11.8 Å². The van der Waals surface area contributed by atoms with Gasteiger partial charge in [-0.15, -0.1) is 0 Å². The molecule has 2 atom stereocenters. The number of carbonyl (C=O) groups excluding carboxylic acids is 2. The zero-order chi connectivity index (χ0) is 11.4. The molecule has 1 aliphatic heterocycles. The van der Waals surface area contributed by atoms with Crippen LogP contribution in [0.2, 0.25) is 0 Å². The first-order valence-corrected chi connectivity index (χ1v) is 5.29. The van der Waals surface area contributed by atoms with E-state index in [9.17, 15) is 9.59 Å². The van der Waals surface area contributed by atoms with Crippen molar-refractivity contribution in [3.63, 3.8) is 0 Å². The number of piperidine rings is 1. The third kappa shape index (κ3) is 2.68. The van der Waals surface area contributed by atoms with Gasteiger partial charge in [0, 0.05) is 25.5 Å². The van der Waals surface area contributed by atoms with Crippen LogP contribution in [0.4, 0.5) is 0 Å². The Hall–Kier alpha value is -1.10. The topological polar surface area (TPSA) is 83.6 Å². The molecule has 5 nitrogen and oxygen atoms in total. The predicted molar refractivity (Wildman–Crippen MR) is 54.8 cm³/mol. The van der Waals surface area contributed by atoms with Gasteiger partial charge in [-0.2, -0.15) is 0 Å². The van der Waals surface area contributed by atoms with E-state index in [0.717, 1.165) is 0 Å². The van der Waals surface area contributed by atoms with Crippen molar-refractivity contribution >= 4 is 11.8 Å². The normalized spacial score (nSPS) is 24.0. The number of nitrogens with zero attached hydrogens (tertiary/aromatic N) is 1. The minimum absolute atomic E-state index is 0.0367. The van der Waals surface area contributed by atoms with Crippen LogP contribution in [0.25, 0.3) is 0 Å². The minimum Gasteiger partial charge on any atom is -0.396 e. The van der Waals surface area contributed by atoms with Gasteiger partial charge < -0.3 is 15.7 Å². The molecule has 1 rings (SSSR count). The summed E-state index contributed by atoms with van der Waals surface area (Å²) in [5, 5.41) is 9.03. The molecular formula is C10H18N2O3. The van der Waals surface area contributed by atoms with E-state index in [1.807, 2.05) is 6.92 Å². The monoisotopic (exact) mass is 214 g/mol. The zero-order valence-corrected chi connectivity index (χ0v) is 8.98. The molecule has 0 aromatic heterocycles. The number of aliphatic hydroxyl groups excluding tert-OH is 1. The van der Waals surface area contributed by atoms with Gasteiger partial charge >= 0.3 is 0 Å². The van der Waals surface area contributed by atoms with E-state index in [2.05, 4.69) is 0 Å². The highest BCUT2D eigenvalue weighted by atomic mass is 16.3. The van der Waals surface area contributed by atoms with Gasteiger partial charge in [-0.25, -0.2) is 0 Å². The molecule has 0 aromatic rings. The van der Waals surface area contributed by atoms with Gasteiger partial charge in [0.25, 0.3) is 0 Å². The molecule has 1 fully saturated rings. The van der Waals surface area contributed by atoms with Crippen LogP contribution >= 0.6 is 0 Å². The molecule has 2 unspecified atom stereocenters. The lowest BCUT2D eigenvalue weighted by Crippen LogP contribution is -2.52. The fourth-order valence-electron chi connectivity index (χ4n) is 1.97. The third-order valence-electron chi connectivity index (χ3n) is 2.89. The Bertz CT molecular complexity index is 255.